The molecule has 1 heterocycles. The molecule has 4 nitrogen and oxygen atoms in total. The van der Waals surface area contributed by atoms with Gasteiger partial charge in [-0.15, -0.1) is 0 Å². The molecule has 13 heavy (non-hydrogen) atoms. The van der Waals surface area contributed by atoms with Crippen molar-refractivity contribution in [3.63, 3.8) is 0 Å². The highest BCUT2D eigenvalue weighted by molar-refractivity contribution is 5.75. The van der Waals surface area contributed by atoms with Gasteiger partial charge in [0, 0.05) is 13.0 Å². The molecule has 1 aliphatic heterocycles. The Morgan fingerprint density at radius 2 is 2.46 bits per heavy atom. The summed E-state index contributed by atoms with van der Waals surface area (Å²) in [6.07, 6.45) is 2.75. The van der Waals surface area contributed by atoms with E-state index in [2.05, 4.69) is 17.2 Å². The number of carbonyl (C=O) groups excluding carboxylic acids is 1. The molecule has 76 valence electrons. The summed E-state index contributed by atoms with van der Waals surface area (Å²) in [7, 11) is 0. The van der Waals surface area contributed by atoms with Crippen LogP contribution in [0.4, 0.5) is 0 Å². The molecule has 1 saturated heterocycles. The van der Waals surface area contributed by atoms with Crippen molar-refractivity contribution in [2.45, 2.75) is 26.2 Å². The van der Waals surface area contributed by atoms with Crippen LogP contribution < -0.4 is 11.3 Å². The van der Waals surface area contributed by atoms with E-state index in [1.807, 2.05) is 0 Å². The Labute approximate surface area is 79.4 Å². The van der Waals surface area contributed by atoms with Gasteiger partial charge in [-0.05, 0) is 31.8 Å². The van der Waals surface area contributed by atoms with Crippen molar-refractivity contribution in [3.05, 3.63) is 0 Å². The topological polar surface area (TPSA) is 58.4 Å². The normalized spacial score (nSPS) is 23.4. The number of hydrogen-bond acceptors (Lipinski definition) is 3. The van der Waals surface area contributed by atoms with Gasteiger partial charge in [0.05, 0.1) is 0 Å². The van der Waals surface area contributed by atoms with Crippen LogP contribution in [-0.4, -0.2) is 30.4 Å². The maximum absolute atomic E-state index is 10.8. The first-order chi connectivity index (χ1) is 6.22. The number of hydrogen-bond donors (Lipinski definition) is 2. The van der Waals surface area contributed by atoms with Gasteiger partial charge in [0.15, 0.2) is 0 Å². The molecule has 1 rings (SSSR count). The SMILES string of the molecule is CC1CCN(CCCC(=O)NN)C1. The Bertz CT molecular complexity index is 172. The Morgan fingerprint density at radius 1 is 1.69 bits per heavy atom. The van der Waals surface area contributed by atoms with Crippen molar-refractivity contribution < 1.29 is 4.79 Å². The maximum Gasteiger partial charge on any atom is 0.233 e. The van der Waals surface area contributed by atoms with Gasteiger partial charge in [-0.2, -0.15) is 0 Å². The molecule has 4 heteroatoms. The van der Waals surface area contributed by atoms with Crippen LogP contribution in [0.1, 0.15) is 26.2 Å². The van der Waals surface area contributed by atoms with E-state index in [0.29, 0.717) is 6.42 Å². The number of hydrazine groups is 1. The second kappa shape index (κ2) is 5.19. The molecular formula is C9H19N3O. The third kappa shape index (κ3) is 3.74. The largest absolute Gasteiger partial charge is 0.303 e. The van der Waals surface area contributed by atoms with Gasteiger partial charge in [0.25, 0.3) is 0 Å². The van der Waals surface area contributed by atoms with Crippen molar-refractivity contribution >= 4 is 5.91 Å². The van der Waals surface area contributed by atoms with Crippen molar-refractivity contribution in [3.8, 4) is 0 Å². The molecule has 0 spiro atoms. The Hall–Kier alpha value is -0.610. The number of nitrogens with one attached hydrogen (secondary N) is 1. The smallest absolute Gasteiger partial charge is 0.233 e. The lowest BCUT2D eigenvalue weighted by atomic mass is 10.2. The molecular weight excluding hydrogens is 166 g/mol. The molecule has 0 radical (unpaired) electrons. The average Bonchev–Trinajstić information content (AvgIpc) is 2.51. The highest BCUT2D eigenvalue weighted by Crippen LogP contribution is 2.14. The van der Waals surface area contributed by atoms with Crippen LogP contribution in [0.5, 0.6) is 0 Å². The molecule has 1 unspecified atom stereocenters. The molecule has 1 atom stereocenters. The van der Waals surface area contributed by atoms with Crippen LogP contribution in [0.25, 0.3) is 0 Å². The van der Waals surface area contributed by atoms with Crippen molar-refractivity contribution in [2.24, 2.45) is 11.8 Å². The van der Waals surface area contributed by atoms with E-state index in [1.54, 1.807) is 0 Å². The highest BCUT2D eigenvalue weighted by atomic mass is 16.2. The molecule has 0 aromatic heterocycles. The predicted octanol–water partition coefficient (Wildman–Crippen LogP) is 0.0983. The van der Waals surface area contributed by atoms with E-state index in [9.17, 15) is 4.79 Å². The van der Waals surface area contributed by atoms with E-state index >= 15 is 0 Å². The third-order valence-electron chi connectivity index (χ3n) is 2.55. The van der Waals surface area contributed by atoms with Crippen LogP contribution in [0.15, 0.2) is 0 Å². The Balaban J connectivity index is 2.03. The molecule has 1 aliphatic rings. The van der Waals surface area contributed by atoms with Crippen LogP contribution in [0, 0.1) is 5.92 Å². The Morgan fingerprint density at radius 3 is 3.00 bits per heavy atom. The van der Waals surface area contributed by atoms with Gasteiger partial charge in [0.1, 0.15) is 0 Å². The fraction of sp³-hybridized carbons (Fsp3) is 0.889. The van der Waals surface area contributed by atoms with Crippen molar-refractivity contribution in [1.82, 2.24) is 10.3 Å². The highest BCUT2D eigenvalue weighted by Gasteiger charge is 2.17. The van der Waals surface area contributed by atoms with E-state index in [0.717, 1.165) is 18.9 Å². The summed E-state index contributed by atoms with van der Waals surface area (Å²) in [5.41, 5.74) is 2.14. The van der Waals surface area contributed by atoms with Gasteiger partial charge in [-0.1, -0.05) is 6.92 Å². The van der Waals surface area contributed by atoms with E-state index in [1.165, 1.54) is 19.5 Å². The quantitative estimate of drug-likeness (QED) is 0.371. The summed E-state index contributed by atoms with van der Waals surface area (Å²) >= 11 is 0. The minimum absolute atomic E-state index is 0.0627. The fourth-order valence-electron chi connectivity index (χ4n) is 1.76. The predicted molar refractivity (Wildman–Crippen MR) is 51.8 cm³/mol. The van der Waals surface area contributed by atoms with Crippen LogP contribution in [0.3, 0.4) is 0 Å². The molecule has 3 N–H and O–H groups in total. The van der Waals surface area contributed by atoms with Crippen molar-refractivity contribution in [1.29, 1.82) is 0 Å². The van der Waals surface area contributed by atoms with Crippen LogP contribution >= 0.6 is 0 Å². The lowest BCUT2D eigenvalue weighted by Gasteiger charge is -2.14. The van der Waals surface area contributed by atoms with Gasteiger partial charge in [-0.3, -0.25) is 10.2 Å². The molecule has 0 saturated carbocycles. The third-order valence-corrected chi connectivity index (χ3v) is 2.55. The minimum atomic E-state index is -0.0627. The summed E-state index contributed by atoms with van der Waals surface area (Å²) < 4.78 is 0. The lowest BCUT2D eigenvalue weighted by molar-refractivity contribution is -0.121. The zero-order valence-electron chi connectivity index (χ0n) is 8.25. The average molecular weight is 185 g/mol. The summed E-state index contributed by atoms with van der Waals surface area (Å²) in [6, 6.07) is 0. The van der Waals surface area contributed by atoms with E-state index < -0.39 is 0 Å². The number of nitrogens with two attached hydrogens (primary N) is 1. The Kier molecular flexibility index (Phi) is 4.18. The van der Waals surface area contributed by atoms with E-state index in [-0.39, 0.29) is 5.91 Å². The molecule has 0 aromatic rings. The number of nitrogens with zero attached hydrogens (tertiary/aromatic N) is 1. The molecule has 0 aliphatic carbocycles. The summed E-state index contributed by atoms with van der Waals surface area (Å²) in [5.74, 6) is 5.73. The van der Waals surface area contributed by atoms with Gasteiger partial charge >= 0.3 is 0 Å². The number of amides is 1. The zero-order valence-corrected chi connectivity index (χ0v) is 8.25. The lowest BCUT2D eigenvalue weighted by Crippen LogP contribution is -2.31. The monoisotopic (exact) mass is 185 g/mol. The van der Waals surface area contributed by atoms with Crippen molar-refractivity contribution in [2.75, 3.05) is 19.6 Å². The first kappa shape index (κ1) is 10.5. The van der Waals surface area contributed by atoms with Gasteiger partial charge in [-0.25, -0.2) is 5.84 Å². The minimum Gasteiger partial charge on any atom is -0.303 e. The van der Waals surface area contributed by atoms with Gasteiger partial charge in [0.2, 0.25) is 5.91 Å². The number of carbonyl (C=O) groups is 1. The molecule has 0 aromatic carbocycles. The maximum atomic E-state index is 10.8. The van der Waals surface area contributed by atoms with Gasteiger partial charge < -0.3 is 4.90 Å². The summed E-state index contributed by atoms with van der Waals surface area (Å²) in [6.45, 7) is 5.67. The molecule has 0 bridgehead atoms. The van der Waals surface area contributed by atoms with Crippen LogP contribution in [-0.2, 0) is 4.79 Å². The fourth-order valence-corrected chi connectivity index (χ4v) is 1.76. The summed E-state index contributed by atoms with van der Waals surface area (Å²) in [5, 5.41) is 0. The number of rotatable bonds is 4. The first-order valence-electron chi connectivity index (χ1n) is 4.94. The molecule has 1 fully saturated rings. The second-order valence-electron chi connectivity index (χ2n) is 3.87. The molecule has 1 amide bonds. The standard InChI is InChI=1S/C9H19N3O/c1-8-4-6-12(7-8)5-2-3-9(13)11-10/h8H,2-7,10H2,1H3,(H,11,13). The summed E-state index contributed by atoms with van der Waals surface area (Å²) in [4.78, 5) is 13.2. The first-order valence-corrected chi connectivity index (χ1v) is 4.94. The number of likely N-dealkylation sites (tertiary alicyclic amines) is 1. The second-order valence-corrected chi connectivity index (χ2v) is 3.87. The van der Waals surface area contributed by atoms with Crippen LogP contribution in [0.2, 0.25) is 0 Å². The zero-order chi connectivity index (χ0) is 9.68. The van der Waals surface area contributed by atoms with E-state index in [4.69, 9.17) is 5.84 Å².